The van der Waals surface area contributed by atoms with Gasteiger partial charge in [0.25, 0.3) is 0 Å². The van der Waals surface area contributed by atoms with E-state index in [1.165, 1.54) is 0 Å². The minimum atomic E-state index is -0.134. The average molecular weight is 353 g/mol. The molecule has 1 saturated heterocycles. The number of piperidine rings is 1. The monoisotopic (exact) mass is 353 g/mol. The number of aromatic nitrogens is 3. The van der Waals surface area contributed by atoms with Gasteiger partial charge in [0.1, 0.15) is 0 Å². The Morgan fingerprint density at radius 1 is 1.23 bits per heavy atom. The lowest BCUT2D eigenvalue weighted by Gasteiger charge is -2.30. The number of carbonyl (C=O) groups is 2. The van der Waals surface area contributed by atoms with Crippen molar-refractivity contribution in [3.8, 4) is 11.3 Å². The highest BCUT2D eigenvalue weighted by atomic mass is 16.3. The van der Waals surface area contributed by atoms with Crippen LogP contribution in [0.3, 0.4) is 0 Å². The molecule has 3 aromatic heterocycles. The largest absolute Gasteiger partial charge is 0.472 e. The number of likely N-dealkylation sites (tertiary alicyclic amines) is 1. The summed E-state index contributed by atoms with van der Waals surface area (Å²) in [5.41, 5.74) is 2.36. The maximum absolute atomic E-state index is 12.5. The van der Waals surface area contributed by atoms with Gasteiger partial charge in [-0.3, -0.25) is 14.9 Å². The summed E-state index contributed by atoms with van der Waals surface area (Å²) in [7, 11) is 0. The van der Waals surface area contributed by atoms with Gasteiger partial charge in [0, 0.05) is 31.5 Å². The first-order chi connectivity index (χ1) is 12.6. The fourth-order valence-corrected chi connectivity index (χ4v) is 3.26. The van der Waals surface area contributed by atoms with Crippen LogP contribution in [-0.4, -0.2) is 44.4 Å². The van der Waals surface area contributed by atoms with Crippen molar-refractivity contribution in [2.75, 3.05) is 18.4 Å². The van der Waals surface area contributed by atoms with Gasteiger partial charge in [-0.15, -0.1) is 5.10 Å². The smallest absolute Gasteiger partial charge is 0.249 e. The van der Waals surface area contributed by atoms with Gasteiger partial charge in [0.2, 0.25) is 17.8 Å². The second kappa shape index (κ2) is 6.62. The number of amides is 2. The number of nitrogens with zero attached hydrogens (tertiary/aromatic N) is 4. The van der Waals surface area contributed by atoms with Crippen LogP contribution in [0.1, 0.15) is 19.8 Å². The highest BCUT2D eigenvalue weighted by Gasteiger charge is 2.26. The average Bonchev–Trinajstić information content (AvgIpc) is 3.30. The van der Waals surface area contributed by atoms with Crippen LogP contribution in [0.5, 0.6) is 0 Å². The lowest BCUT2D eigenvalue weighted by molar-refractivity contribution is -0.132. The highest BCUT2D eigenvalue weighted by molar-refractivity contribution is 5.91. The molecule has 1 N–H and O–H groups in total. The molecule has 0 saturated carbocycles. The van der Waals surface area contributed by atoms with E-state index < -0.39 is 0 Å². The van der Waals surface area contributed by atoms with E-state index in [9.17, 15) is 9.59 Å². The zero-order valence-electron chi connectivity index (χ0n) is 14.4. The van der Waals surface area contributed by atoms with Gasteiger partial charge < -0.3 is 9.32 Å². The standard InChI is InChI=1S/C18H19N5O3/c1-12(24)22-8-5-13(6-9-22)17(25)20-18-19-16-4-2-3-15(23(16)21-18)14-7-10-26-11-14/h2-4,7,10-11,13H,5-6,8-9H2,1H3,(H,20,21,25). The predicted octanol–water partition coefficient (Wildman–Crippen LogP) is 2.19. The van der Waals surface area contributed by atoms with Gasteiger partial charge in [-0.2, -0.15) is 4.98 Å². The van der Waals surface area contributed by atoms with E-state index in [2.05, 4.69) is 15.4 Å². The van der Waals surface area contributed by atoms with E-state index >= 15 is 0 Å². The van der Waals surface area contributed by atoms with Crippen molar-refractivity contribution >= 4 is 23.4 Å². The molecule has 8 heteroatoms. The molecule has 1 aliphatic rings. The lowest BCUT2D eigenvalue weighted by Crippen LogP contribution is -2.40. The van der Waals surface area contributed by atoms with Crippen molar-refractivity contribution in [3.05, 3.63) is 36.8 Å². The van der Waals surface area contributed by atoms with Crippen molar-refractivity contribution in [3.63, 3.8) is 0 Å². The van der Waals surface area contributed by atoms with Crippen molar-refractivity contribution in [1.82, 2.24) is 19.5 Å². The molecular formula is C18H19N5O3. The summed E-state index contributed by atoms with van der Waals surface area (Å²) in [5, 5.41) is 7.22. The first-order valence-corrected chi connectivity index (χ1v) is 8.56. The van der Waals surface area contributed by atoms with E-state index in [0.717, 1.165) is 11.3 Å². The summed E-state index contributed by atoms with van der Waals surface area (Å²) in [6.07, 6.45) is 4.54. The maximum atomic E-state index is 12.5. The zero-order valence-corrected chi connectivity index (χ0v) is 14.4. The summed E-state index contributed by atoms with van der Waals surface area (Å²) < 4.78 is 6.81. The molecule has 0 radical (unpaired) electrons. The van der Waals surface area contributed by atoms with Gasteiger partial charge in [0.05, 0.1) is 18.2 Å². The molecule has 26 heavy (non-hydrogen) atoms. The molecule has 0 aromatic carbocycles. The van der Waals surface area contributed by atoms with E-state index in [1.807, 2.05) is 24.3 Å². The Bertz CT molecular complexity index is 939. The molecular weight excluding hydrogens is 334 g/mol. The van der Waals surface area contributed by atoms with Crippen LogP contribution in [0, 0.1) is 5.92 Å². The summed E-state index contributed by atoms with van der Waals surface area (Å²) in [6.45, 7) is 2.77. The molecule has 1 aliphatic heterocycles. The summed E-state index contributed by atoms with van der Waals surface area (Å²) in [4.78, 5) is 30.1. The Morgan fingerprint density at radius 3 is 2.73 bits per heavy atom. The quantitative estimate of drug-likeness (QED) is 0.779. The summed E-state index contributed by atoms with van der Waals surface area (Å²) in [6, 6.07) is 7.47. The third kappa shape index (κ3) is 3.05. The van der Waals surface area contributed by atoms with Crippen molar-refractivity contribution in [2.45, 2.75) is 19.8 Å². The fraction of sp³-hybridized carbons (Fsp3) is 0.333. The normalized spacial score (nSPS) is 15.3. The van der Waals surface area contributed by atoms with Crippen LogP contribution < -0.4 is 5.32 Å². The number of pyridine rings is 1. The van der Waals surface area contributed by atoms with Crippen LogP contribution in [0.4, 0.5) is 5.95 Å². The maximum Gasteiger partial charge on any atom is 0.249 e. The second-order valence-corrected chi connectivity index (χ2v) is 6.40. The molecule has 8 nitrogen and oxygen atoms in total. The first kappa shape index (κ1) is 16.3. The number of fused-ring (bicyclic) bond motifs is 1. The molecule has 134 valence electrons. The number of hydrogen-bond acceptors (Lipinski definition) is 5. The van der Waals surface area contributed by atoms with Crippen molar-refractivity contribution in [2.24, 2.45) is 5.92 Å². The van der Waals surface area contributed by atoms with Crippen LogP contribution in [0.25, 0.3) is 16.9 Å². The Kier molecular flexibility index (Phi) is 4.16. The summed E-state index contributed by atoms with van der Waals surface area (Å²) >= 11 is 0. The van der Waals surface area contributed by atoms with Gasteiger partial charge in [0.15, 0.2) is 5.65 Å². The van der Waals surface area contributed by atoms with Gasteiger partial charge in [-0.1, -0.05) is 6.07 Å². The van der Waals surface area contributed by atoms with Gasteiger partial charge in [-0.05, 0) is 31.0 Å². The Morgan fingerprint density at radius 2 is 2.04 bits per heavy atom. The second-order valence-electron chi connectivity index (χ2n) is 6.40. The first-order valence-electron chi connectivity index (χ1n) is 8.56. The Balaban J connectivity index is 1.50. The number of rotatable bonds is 3. The highest BCUT2D eigenvalue weighted by Crippen LogP contribution is 2.22. The van der Waals surface area contributed by atoms with Gasteiger partial charge in [-0.25, -0.2) is 4.52 Å². The van der Waals surface area contributed by atoms with Crippen molar-refractivity contribution < 1.29 is 14.0 Å². The number of carbonyl (C=O) groups excluding carboxylic acids is 2. The topological polar surface area (TPSA) is 92.7 Å². The minimum absolute atomic E-state index is 0.0534. The van der Waals surface area contributed by atoms with Gasteiger partial charge >= 0.3 is 0 Å². The molecule has 0 bridgehead atoms. The third-order valence-corrected chi connectivity index (χ3v) is 4.72. The third-order valence-electron chi connectivity index (χ3n) is 4.72. The van der Waals surface area contributed by atoms with Crippen LogP contribution in [0.15, 0.2) is 41.2 Å². The van der Waals surface area contributed by atoms with E-state index in [1.54, 1.807) is 28.9 Å². The number of furan rings is 1. The Labute approximate surface area is 149 Å². The SMILES string of the molecule is CC(=O)N1CCC(C(=O)Nc2nc3cccc(-c4ccoc4)n3n2)CC1. The molecule has 3 aromatic rings. The Hall–Kier alpha value is -3.16. The van der Waals surface area contributed by atoms with E-state index in [0.29, 0.717) is 31.6 Å². The van der Waals surface area contributed by atoms with Crippen LogP contribution >= 0.6 is 0 Å². The van der Waals surface area contributed by atoms with Crippen molar-refractivity contribution in [1.29, 1.82) is 0 Å². The van der Waals surface area contributed by atoms with Crippen LogP contribution in [-0.2, 0) is 9.59 Å². The number of hydrogen-bond donors (Lipinski definition) is 1. The summed E-state index contributed by atoms with van der Waals surface area (Å²) in [5.74, 6) is 0.0946. The zero-order chi connectivity index (χ0) is 18.1. The minimum Gasteiger partial charge on any atom is -0.472 e. The molecule has 0 spiro atoms. The molecule has 0 unspecified atom stereocenters. The molecule has 4 rings (SSSR count). The molecule has 0 aliphatic carbocycles. The molecule has 0 atom stereocenters. The van der Waals surface area contributed by atoms with E-state index in [4.69, 9.17) is 4.42 Å². The molecule has 2 amide bonds. The fourth-order valence-electron chi connectivity index (χ4n) is 3.26. The van der Waals surface area contributed by atoms with E-state index in [-0.39, 0.29) is 23.7 Å². The molecule has 1 fully saturated rings. The number of nitrogens with one attached hydrogen (secondary N) is 1. The van der Waals surface area contributed by atoms with Crippen LogP contribution in [0.2, 0.25) is 0 Å². The lowest BCUT2D eigenvalue weighted by atomic mass is 9.96. The predicted molar refractivity (Wildman–Crippen MR) is 94.3 cm³/mol. The number of anilines is 1. The molecule has 4 heterocycles.